The summed E-state index contributed by atoms with van der Waals surface area (Å²) in [4.78, 5) is 34.1. The first-order valence-electron chi connectivity index (χ1n) is 13.5. The summed E-state index contributed by atoms with van der Waals surface area (Å²) in [5, 5.41) is 30.6. The predicted octanol–water partition coefficient (Wildman–Crippen LogP) is 3.09. The van der Waals surface area contributed by atoms with Gasteiger partial charge in [-0.05, 0) is 37.3 Å². The number of carbonyl (C=O) groups excluding carboxylic acids is 1. The summed E-state index contributed by atoms with van der Waals surface area (Å²) in [6, 6.07) is 10.7. The van der Waals surface area contributed by atoms with Gasteiger partial charge >= 0.3 is 12.1 Å². The molecular weight excluding hydrogens is 602 g/mol. The summed E-state index contributed by atoms with van der Waals surface area (Å²) >= 11 is 0. The molecule has 0 spiro atoms. The minimum Gasteiger partial charge on any atom is -0.489 e. The zero-order valence-electron chi connectivity index (χ0n) is 23.8. The molecule has 16 heteroatoms. The second-order valence-electron chi connectivity index (χ2n) is 9.93. The lowest BCUT2D eigenvalue weighted by molar-refractivity contribution is -0.192. The maximum absolute atomic E-state index is 13.1. The predicted molar refractivity (Wildman–Crippen MR) is 151 cm³/mol. The summed E-state index contributed by atoms with van der Waals surface area (Å²) < 4.78 is 52.1. The molecule has 1 aliphatic rings. The van der Waals surface area contributed by atoms with Gasteiger partial charge in [0.2, 0.25) is 5.91 Å². The molecule has 1 amide bonds. The number of anilines is 1. The van der Waals surface area contributed by atoms with E-state index in [0.29, 0.717) is 48.7 Å². The molecule has 0 aliphatic carbocycles. The van der Waals surface area contributed by atoms with Gasteiger partial charge in [0.05, 0.1) is 42.2 Å². The fourth-order valence-corrected chi connectivity index (χ4v) is 4.39. The van der Waals surface area contributed by atoms with Crippen molar-refractivity contribution in [3.8, 4) is 22.9 Å². The molecule has 2 N–H and O–H groups in total. The van der Waals surface area contributed by atoms with E-state index in [1.54, 1.807) is 28.7 Å². The van der Waals surface area contributed by atoms with Crippen LogP contribution in [0.15, 0.2) is 55.1 Å². The molecule has 0 bridgehead atoms. The summed E-state index contributed by atoms with van der Waals surface area (Å²) in [5.74, 6) is -1.92. The lowest BCUT2D eigenvalue weighted by atomic mass is 10.1. The van der Waals surface area contributed by atoms with Gasteiger partial charge in [0, 0.05) is 49.2 Å². The number of ether oxygens (including phenoxy) is 1. The van der Waals surface area contributed by atoms with E-state index in [0.717, 1.165) is 23.1 Å². The third-order valence-electron chi connectivity index (χ3n) is 6.58. The normalized spacial score (nSPS) is 13.9. The highest BCUT2D eigenvalue weighted by Crippen LogP contribution is 2.31. The van der Waals surface area contributed by atoms with Crippen molar-refractivity contribution in [1.82, 2.24) is 24.5 Å². The molecule has 12 nitrogen and oxygen atoms in total. The van der Waals surface area contributed by atoms with Crippen molar-refractivity contribution in [3.63, 3.8) is 0 Å². The number of nitriles is 1. The number of carboxylic acid groups (broad SMARTS) is 1. The Morgan fingerprint density at radius 2 is 1.80 bits per heavy atom. The van der Waals surface area contributed by atoms with Gasteiger partial charge < -0.3 is 24.7 Å². The van der Waals surface area contributed by atoms with E-state index in [1.807, 2.05) is 18.2 Å². The Labute approximate surface area is 253 Å². The Balaban J connectivity index is 0.000000591. The van der Waals surface area contributed by atoms with E-state index in [4.69, 9.17) is 14.6 Å². The van der Waals surface area contributed by atoms with Crippen molar-refractivity contribution in [2.45, 2.75) is 25.6 Å². The molecule has 1 fully saturated rings. The molecule has 45 heavy (non-hydrogen) atoms. The lowest BCUT2D eigenvalue weighted by Crippen LogP contribution is -2.49. The minimum absolute atomic E-state index is 0.0390. The molecule has 5 rings (SSSR count). The van der Waals surface area contributed by atoms with Crippen molar-refractivity contribution in [2.75, 3.05) is 37.7 Å². The number of fused-ring (bicyclic) bond motifs is 1. The molecule has 0 aromatic carbocycles. The molecule has 236 valence electrons. The third-order valence-corrected chi connectivity index (χ3v) is 6.58. The second-order valence-corrected chi connectivity index (χ2v) is 9.93. The zero-order chi connectivity index (χ0) is 32.7. The number of rotatable bonds is 7. The van der Waals surface area contributed by atoms with E-state index in [-0.39, 0.29) is 18.9 Å². The van der Waals surface area contributed by atoms with Gasteiger partial charge in [0.1, 0.15) is 30.1 Å². The minimum atomic E-state index is -5.08. The van der Waals surface area contributed by atoms with E-state index < -0.39 is 24.1 Å². The van der Waals surface area contributed by atoms with Gasteiger partial charge in [0.25, 0.3) is 0 Å². The number of aliphatic hydroxyl groups excluding tert-OH is 1. The highest BCUT2D eigenvalue weighted by Gasteiger charge is 2.38. The van der Waals surface area contributed by atoms with Gasteiger partial charge in [0.15, 0.2) is 0 Å². The van der Waals surface area contributed by atoms with Crippen LogP contribution in [0.5, 0.6) is 5.75 Å². The molecule has 1 aliphatic heterocycles. The molecule has 4 aromatic rings. The Bertz CT molecular complexity index is 1680. The molecular formula is C29H27F4N7O5. The van der Waals surface area contributed by atoms with Crippen LogP contribution in [0.4, 0.5) is 23.4 Å². The standard InChI is InChI=1S/C27H26FN7O3.C2HF3O2/c1-18(36)17-38-23-11-24(27-20(12-29)14-32-35(27)16-23)19-2-5-25(31-13-19)33-6-8-34(9-7-33)26(37)10-22-4-3-21(28)15-30-22;3-2(4,5)1(6)7/h2-5,11,13-16,18,36H,6-10,17H2,1H3;(H,6,7)/t18-;/m1./s1. The number of amides is 1. The van der Waals surface area contributed by atoms with Gasteiger partial charge in [-0.2, -0.15) is 23.5 Å². The van der Waals surface area contributed by atoms with Crippen molar-refractivity contribution >= 4 is 23.2 Å². The number of pyridine rings is 3. The molecule has 1 saturated heterocycles. The maximum Gasteiger partial charge on any atom is 0.490 e. The van der Waals surface area contributed by atoms with Gasteiger partial charge in [-0.25, -0.2) is 18.7 Å². The topological polar surface area (TPSA) is 157 Å². The fourth-order valence-electron chi connectivity index (χ4n) is 4.39. The molecule has 0 saturated carbocycles. The first-order chi connectivity index (χ1) is 21.3. The van der Waals surface area contributed by atoms with Crippen molar-refractivity contribution in [2.24, 2.45) is 0 Å². The number of hydrogen-bond donors (Lipinski definition) is 2. The van der Waals surface area contributed by atoms with Crippen LogP contribution in [0.1, 0.15) is 18.2 Å². The van der Waals surface area contributed by atoms with E-state index in [2.05, 4.69) is 26.0 Å². The number of aliphatic hydroxyl groups is 1. The quantitative estimate of drug-likeness (QED) is 0.291. The number of carboxylic acids is 1. The second kappa shape index (κ2) is 14.0. The largest absolute Gasteiger partial charge is 0.490 e. The van der Waals surface area contributed by atoms with E-state index >= 15 is 0 Å². The maximum atomic E-state index is 13.1. The highest BCUT2D eigenvalue weighted by molar-refractivity contribution is 5.85. The molecule has 1 atom stereocenters. The van der Waals surface area contributed by atoms with Crippen LogP contribution in [0.25, 0.3) is 16.6 Å². The smallest absolute Gasteiger partial charge is 0.489 e. The van der Waals surface area contributed by atoms with Crippen molar-refractivity contribution < 1.29 is 42.1 Å². The van der Waals surface area contributed by atoms with Crippen LogP contribution in [0, 0.1) is 17.1 Å². The summed E-state index contributed by atoms with van der Waals surface area (Å²) in [5.41, 5.74) is 3.16. The van der Waals surface area contributed by atoms with Gasteiger partial charge in [-0.15, -0.1) is 0 Å². The molecule has 0 radical (unpaired) electrons. The molecule has 0 unspecified atom stereocenters. The Hall–Kier alpha value is -5.30. The third kappa shape index (κ3) is 8.42. The first-order valence-corrected chi connectivity index (χ1v) is 13.5. The fraction of sp³-hybridized carbons (Fsp3) is 0.310. The van der Waals surface area contributed by atoms with Crippen LogP contribution >= 0.6 is 0 Å². The number of piperazine rings is 1. The van der Waals surface area contributed by atoms with E-state index in [1.165, 1.54) is 18.3 Å². The lowest BCUT2D eigenvalue weighted by Gasteiger charge is -2.35. The monoisotopic (exact) mass is 629 g/mol. The molecule has 5 heterocycles. The number of carbonyl (C=O) groups is 2. The summed E-state index contributed by atoms with van der Waals surface area (Å²) in [7, 11) is 0. The zero-order valence-corrected chi connectivity index (χ0v) is 23.8. The number of nitrogens with zero attached hydrogens (tertiary/aromatic N) is 7. The summed E-state index contributed by atoms with van der Waals surface area (Å²) in [6.07, 6.45) is 0.477. The number of hydrogen-bond acceptors (Lipinski definition) is 9. The Morgan fingerprint density at radius 1 is 1.09 bits per heavy atom. The number of halogens is 4. The highest BCUT2D eigenvalue weighted by atomic mass is 19.4. The van der Waals surface area contributed by atoms with Crippen molar-refractivity contribution in [3.05, 3.63) is 72.2 Å². The van der Waals surface area contributed by atoms with Crippen LogP contribution in [-0.4, -0.2) is 91.6 Å². The number of aliphatic carboxylic acids is 1. The first kappa shape index (κ1) is 32.6. The van der Waals surface area contributed by atoms with Crippen LogP contribution in [0.2, 0.25) is 0 Å². The Kier molecular flexibility index (Phi) is 10.1. The number of aromatic nitrogens is 4. The van der Waals surface area contributed by atoms with Gasteiger partial charge in [-0.3, -0.25) is 9.78 Å². The van der Waals surface area contributed by atoms with E-state index in [9.17, 15) is 32.7 Å². The SMILES string of the molecule is C[C@@H](O)COc1cc(-c2ccc(N3CCN(C(=O)Cc4ccc(F)cn4)CC3)nc2)c2c(C#N)cnn2c1.O=C(O)C(F)(F)F. The summed E-state index contributed by atoms with van der Waals surface area (Å²) in [6.45, 7) is 4.12. The van der Waals surface area contributed by atoms with Gasteiger partial charge in [-0.1, -0.05) is 0 Å². The number of alkyl halides is 3. The van der Waals surface area contributed by atoms with Crippen LogP contribution in [0.3, 0.4) is 0 Å². The van der Waals surface area contributed by atoms with Crippen molar-refractivity contribution in [1.29, 1.82) is 5.26 Å². The average molecular weight is 630 g/mol. The Morgan fingerprint density at radius 3 is 2.36 bits per heavy atom. The molecule has 4 aromatic heterocycles. The van der Waals surface area contributed by atoms with Crippen LogP contribution < -0.4 is 9.64 Å². The average Bonchev–Trinajstić information content (AvgIpc) is 3.44. The van der Waals surface area contributed by atoms with Crippen LogP contribution in [-0.2, 0) is 16.0 Å².